The molecular weight excluding hydrogens is 287 g/mol. The van der Waals surface area contributed by atoms with Crippen molar-refractivity contribution in [2.45, 2.75) is 12.6 Å². The molecule has 0 bridgehead atoms. The van der Waals surface area contributed by atoms with Crippen LogP contribution in [-0.4, -0.2) is 15.3 Å². The van der Waals surface area contributed by atoms with Gasteiger partial charge in [-0.2, -0.15) is 18.2 Å². The maximum atomic E-state index is 12.4. The van der Waals surface area contributed by atoms with Gasteiger partial charge >= 0.3 is 12.1 Å². The molecule has 0 N–H and O–H groups in total. The van der Waals surface area contributed by atoms with Crippen LogP contribution in [0.3, 0.4) is 0 Å². The van der Waals surface area contributed by atoms with Crippen LogP contribution in [0.2, 0.25) is 0 Å². The van der Waals surface area contributed by atoms with Crippen molar-refractivity contribution < 1.29 is 22.2 Å². The molecule has 0 aliphatic heterocycles. The summed E-state index contributed by atoms with van der Waals surface area (Å²) in [6.07, 6.45) is -2.56. The van der Waals surface area contributed by atoms with Crippen molar-refractivity contribution in [1.29, 1.82) is 0 Å². The summed E-state index contributed by atoms with van der Waals surface area (Å²) in [5.41, 5.74) is 1.37. The maximum Gasteiger partial charge on any atom is 0.471 e. The van der Waals surface area contributed by atoms with Gasteiger partial charge in [0.15, 0.2) is 0 Å². The average molecular weight is 295 g/mol. The Morgan fingerprint density at radius 2 is 1.76 bits per heavy atom. The van der Waals surface area contributed by atoms with Crippen molar-refractivity contribution in [3.05, 3.63) is 53.7 Å². The molecule has 0 amide bonds. The van der Waals surface area contributed by atoms with Gasteiger partial charge in [-0.3, -0.25) is 0 Å². The van der Waals surface area contributed by atoms with Crippen molar-refractivity contribution in [2.75, 3.05) is 0 Å². The third kappa shape index (κ3) is 2.93. The predicted molar refractivity (Wildman–Crippen MR) is 64.0 cm³/mol. The molecule has 8 heteroatoms. The Morgan fingerprint density at radius 1 is 1.00 bits per heavy atom. The van der Waals surface area contributed by atoms with E-state index in [1.165, 1.54) is 0 Å². The van der Waals surface area contributed by atoms with Crippen LogP contribution in [-0.2, 0) is 12.6 Å². The lowest BCUT2D eigenvalue weighted by Crippen LogP contribution is -2.04. The number of aromatic nitrogens is 3. The van der Waals surface area contributed by atoms with Crippen molar-refractivity contribution >= 4 is 0 Å². The molecule has 2 aromatic heterocycles. The lowest BCUT2D eigenvalue weighted by atomic mass is 10.1. The van der Waals surface area contributed by atoms with E-state index < -0.39 is 12.1 Å². The van der Waals surface area contributed by atoms with E-state index in [4.69, 9.17) is 4.52 Å². The topological polar surface area (TPSA) is 65.0 Å². The van der Waals surface area contributed by atoms with Gasteiger partial charge in [0.25, 0.3) is 0 Å². The molecule has 0 aliphatic rings. The van der Waals surface area contributed by atoms with Gasteiger partial charge in [0.2, 0.25) is 5.82 Å². The van der Waals surface area contributed by atoms with Crippen LogP contribution in [0.25, 0.3) is 11.4 Å². The second-order valence-electron chi connectivity index (χ2n) is 4.27. The highest BCUT2D eigenvalue weighted by atomic mass is 19.4. The molecule has 5 nitrogen and oxygen atoms in total. The monoisotopic (exact) mass is 295 g/mol. The summed E-state index contributed by atoms with van der Waals surface area (Å²) in [7, 11) is 0. The molecule has 0 aliphatic carbocycles. The van der Waals surface area contributed by atoms with Gasteiger partial charge in [0, 0.05) is 18.1 Å². The molecular formula is C13H8F3N3O2. The zero-order valence-corrected chi connectivity index (χ0v) is 10.5. The van der Waals surface area contributed by atoms with E-state index in [-0.39, 0.29) is 5.82 Å². The minimum absolute atomic E-state index is 0.103. The van der Waals surface area contributed by atoms with E-state index in [0.717, 1.165) is 5.56 Å². The minimum atomic E-state index is -4.64. The summed E-state index contributed by atoms with van der Waals surface area (Å²) in [6.45, 7) is 0. The third-order valence-electron chi connectivity index (χ3n) is 2.75. The number of hydrogen-bond acceptors (Lipinski definition) is 5. The molecule has 0 radical (unpaired) electrons. The second kappa shape index (κ2) is 5.04. The fourth-order valence-electron chi connectivity index (χ4n) is 1.76. The first kappa shape index (κ1) is 13.3. The lowest BCUT2D eigenvalue weighted by Gasteiger charge is -1.99. The molecule has 2 heterocycles. The highest BCUT2D eigenvalue weighted by Crippen LogP contribution is 2.29. The Labute approximate surface area is 116 Å². The molecule has 0 atom stereocenters. The molecule has 1 aromatic carbocycles. The van der Waals surface area contributed by atoms with Crippen LogP contribution in [0.1, 0.15) is 17.2 Å². The van der Waals surface area contributed by atoms with Gasteiger partial charge in [0.1, 0.15) is 5.76 Å². The summed E-state index contributed by atoms with van der Waals surface area (Å²) in [6, 6.07) is 8.49. The second-order valence-corrected chi connectivity index (χ2v) is 4.27. The molecule has 0 fully saturated rings. The van der Waals surface area contributed by atoms with Gasteiger partial charge in [-0.25, -0.2) is 0 Å². The summed E-state index contributed by atoms with van der Waals surface area (Å²) in [5.74, 6) is -0.765. The van der Waals surface area contributed by atoms with Crippen molar-refractivity contribution in [3.63, 3.8) is 0 Å². The largest absolute Gasteiger partial charge is 0.471 e. The SMILES string of the molecule is FC(F)(F)c1nc(-c2ccc(Cc3ccno3)cc2)no1. The van der Waals surface area contributed by atoms with E-state index >= 15 is 0 Å². The zero-order valence-electron chi connectivity index (χ0n) is 10.5. The van der Waals surface area contributed by atoms with E-state index in [1.807, 2.05) is 0 Å². The van der Waals surface area contributed by atoms with Crippen LogP contribution < -0.4 is 0 Å². The smallest absolute Gasteiger partial charge is 0.361 e. The quantitative estimate of drug-likeness (QED) is 0.741. The zero-order chi connectivity index (χ0) is 14.9. The molecule has 108 valence electrons. The van der Waals surface area contributed by atoms with Gasteiger partial charge in [-0.15, -0.1) is 0 Å². The highest BCUT2D eigenvalue weighted by Gasteiger charge is 2.38. The first-order valence-electron chi connectivity index (χ1n) is 5.92. The summed E-state index contributed by atoms with van der Waals surface area (Å²) >= 11 is 0. The fraction of sp³-hybridized carbons (Fsp3) is 0.154. The molecule has 0 saturated heterocycles. The van der Waals surface area contributed by atoms with Crippen molar-refractivity contribution in [3.8, 4) is 11.4 Å². The van der Waals surface area contributed by atoms with E-state index in [9.17, 15) is 13.2 Å². The number of hydrogen-bond donors (Lipinski definition) is 0. The van der Waals surface area contributed by atoms with Gasteiger partial charge in [0.05, 0.1) is 6.20 Å². The van der Waals surface area contributed by atoms with E-state index in [0.29, 0.717) is 17.7 Å². The lowest BCUT2D eigenvalue weighted by molar-refractivity contribution is -0.159. The first-order valence-corrected chi connectivity index (χ1v) is 5.92. The Morgan fingerprint density at radius 3 is 2.33 bits per heavy atom. The van der Waals surface area contributed by atoms with Gasteiger partial charge in [-0.05, 0) is 5.56 Å². The Bertz CT molecular complexity index is 718. The number of rotatable bonds is 3. The fourth-order valence-corrected chi connectivity index (χ4v) is 1.76. The van der Waals surface area contributed by atoms with Gasteiger partial charge < -0.3 is 9.05 Å². The summed E-state index contributed by atoms with van der Waals surface area (Å²) < 4.78 is 46.3. The number of benzene rings is 1. The summed E-state index contributed by atoms with van der Waals surface area (Å²) in [4.78, 5) is 3.33. The third-order valence-corrected chi connectivity index (χ3v) is 2.75. The van der Waals surface area contributed by atoms with Crippen LogP contribution in [0.5, 0.6) is 0 Å². The van der Waals surface area contributed by atoms with E-state index in [1.54, 1.807) is 36.5 Å². The van der Waals surface area contributed by atoms with Crippen LogP contribution >= 0.6 is 0 Å². The number of halogens is 3. The van der Waals surface area contributed by atoms with Crippen molar-refractivity contribution in [1.82, 2.24) is 15.3 Å². The minimum Gasteiger partial charge on any atom is -0.361 e. The normalized spacial score (nSPS) is 11.8. The van der Waals surface area contributed by atoms with Gasteiger partial charge in [-0.1, -0.05) is 34.6 Å². The number of alkyl halides is 3. The number of nitrogens with zero attached hydrogens (tertiary/aromatic N) is 3. The Kier molecular flexibility index (Phi) is 3.20. The molecule has 3 rings (SSSR count). The molecule has 21 heavy (non-hydrogen) atoms. The van der Waals surface area contributed by atoms with Crippen LogP contribution in [0.15, 0.2) is 45.6 Å². The van der Waals surface area contributed by atoms with E-state index in [2.05, 4.69) is 19.8 Å². The molecule has 0 spiro atoms. The van der Waals surface area contributed by atoms with Crippen LogP contribution in [0, 0.1) is 0 Å². The molecule has 3 aromatic rings. The Hall–Kier alpha value is -2.64. The maximum absolute atomic E-state index is 12.4. The average Bonchev–Trinajstić information content (AvgIpc) is 3.09. The molecule has 0 unspecified atom stereocenters. The molecule has 0 saturated carbocycles. The highest BCUT2D eigenvalue weighted by molar-refractivity contribution is 5.54. The summed E-state index contributed by atoms with van der Waals surface area (Å²) in [5, 5.41) is 6.92. The standard InChI is InChI=1S/C13H8F3N3O2/c14-13(15,16)12-18-11(19-21-12)9-3-1-8(2-4-9)7-10-5-6-17-20-10/h1-6H,7H2. The predicted octanol–water partition coefficient (Wildman–Crippen LogP) is 3.33. The Balaban J connectivity index is 1.79. The van der Waals surface area contributed by atoms with Crippen molar-refractivity contribution in [2.24, 2.45) is 0 Å². The first-order chi connectivity index (χ1) is 10.0. The van der Waals surface area contributed by atoms with Crippen LogP contribution in [0.4, 0.5) is 13.2 Å².